The number of nitrogens with one attached hydrogen (secondary N) is 2. The molecule has 0 aliphatic heterocycles. The summed E-state index contributed by atoms with van der Waals surface area (Å²) in [5.74, 6) is -1.00. The Kier molecular flexibility index (Phi) is 5.28. The van der Waals surface area contributed by atoms with E-state index >= 15 is 0 Å². The summed E-state index contributed by atoms with van der Waals surface area (Å²) < 4.78 is 18.5. The van der Waals surface area contributed by atoms with E-state index in [4.69, 9.17) is 4.74 Å². The lowest BCUT2D eigenvalue weighted by Gasteiger charge is -2.11. The maximum Gasteiger partial charge on any atom is 0.265 e. The van der Waals surface area contributed by atoms with Gasteiger partial charge in [-0.05, 0) is 47.8 Å². The molecule has 0 aliphatic carbocycles. The van der Waals surface area contributed by atoms with Crippen LogP contribution in [0.3, 0.4) is 0 Å². The van der Waals surface area contributed by atoms with Crippen molar-refractivity contribution in [3.05, 3.63) is 76.2 Å². The molecule has 3 aromatic rings. The molecular formula is C19H15FN2O3S. The summed E-state index contributed by atoms with van der Waals surface area (Å²) >= 11 is 1.34. The molecule has 0 radical (unpaired) electrons. The molecule has 0 saturated carbocycles. The molecule has 0 fully saturated rings. The molecule has 2 N–H and O–H groups in total. The minimum atomic E-state index is -0.534. The number of methoxy groups -OCH3 is 1. The van der Waals surface area contributed by atoms with Crippen LogP contribution >= 0.6 is 11.3 Å². The highest BCUT2D eigenvalue weighted by molar-refractivity contribution is 7.12. The van der Waals surface area contributed by atoms with Crippen molar-refractivity contribution in [2.45, 2.75) is 0 Å². The van der Waals surface area contributed by atoms with E-state index in [0.717, 1.165) is 6.07 Å². The van der Waals surface area contributed by atoms with Gasteiger partial charge in [-0.25, -0.2) is 4.39 Å². The van der Waals surface area contributed by atoms with Crippen molar-refractivity contribution in [3.8, 4) is 5.75 Å². The predicted molar refractivity (Wildman–Crippen MR) is 99.6 cm³/mol. The topological polar surface area (TPSA) is 67.4 Å². The number of ether oxygens (including phenoxy) is 1. The molecule has 3 rings (SSSR count). The number of halogens is 1. The quantitative estimate of drug-likeness (QED) is 0.699. The minimum Gasteiger partial charge on any atom is -0.496 e. The molecule has 26 heavy (non-hydrogen) atoms. The van der Waals surface area contributed by atoms with Crippen LogP contribution in [-0.2, 0) is 0 Å². The van der Waals surface area contributed by atoms with Crippen molar-refractivity contribution in [3.63, 3.8) is 0 Å². The van der Waals surface area contributed by atoms with Gasteiger partial charge in [-0.3, -0.25) is 9.59 Å². The largest absolute Gasteiger partial charge is 0.496 e. The Hall–Kier alpha value is -3.19. The second-order valence-corrected chi connectivity index (χ2v) is 6.26. The summed E-state index contributed by atoms with van der Waals surface area (Å²) in [5, 5.41) is 7.26. The number of carbonyl (C=O) groups is 2. The highest BCUT2D eigenvalue weighted by Crippen LogP contribution is 2.22. The van der Waals surface area contributed by atoms with Gasteiger partial charge >= 0.3 is 0 Å². The van der Waals surface area contributed by atoms with Crippen LogP contribution in [-0.4, -0.2) is 18.9 Å². The molecule has 132 valence electrons. The van der Waals surface area contributed by atoms with E-state index in [2.05, 4.69) is 10.6 Å². The third-order valence-electron chi connectivity index (χ3n) is 3.53. The average Bonchev–Trinajstić information content (AvgIpc) is 3.17. The van der Waals surface area contributed by atoms with Crippen molar-refractivity contribution in [2.75, 3.05) is 17.7 Å². The fourth-order valence-corrected chi connectivity index (χ4v) is 2.95. The van der Waals surface area contributed by atoms with Gasteiger partial charge in [0.15, 0.2) is 0 Å². The lowest BCUT2D eigenvalue weighted by Crippen LogP contribution is -2.14. The van der Waals surface area contributed by atoms with Crippen LogP contribution in [0.25, 0.3) is 0 Å². The third-order valence-corrected chi connectivity index (χ3v) is 4.40. The molecule has 0 saturated heterocycles. The average molecular weight is 370 g/mol. The van der Waals surface area contributed by atoms with Gasteiger partial charge in [0.2, 0.25) is 0 Å². The first-order chi connectivity index (χ1) is 12.6. The van der Waals surface area contributed by atoms with Crippen molar-refractivity contribution >= 4 is 34.5 Å². The Morgan fingerprint density at radius 2 is 1.69 bits per heavy atom. The molecule has 0 bridgehead atoms. The van der Waals surface area contributed by atoms with Gasteiger partial charge in [0.05, 0.1) is 17.6 Å². The van der Waals surface area contributed by atoms with Gasteiger partial charge in [-0.2, -0.15) is 0 Å². The lowest BCUT2D eigenvalue weighted by atomic mass is 10.1. The summed E-state index contributed by atoms with van der Waals surface area (Å²) in [6, 6.07) is 13.9. The van der Waals surface area contributed by atoms with E-state index < -0.39 is 11.7 Å². The van der Waals surface area contributed by atoms with Crippen LogP contribution in [0.15, 0.2) is 60.0 Å². The highest BCUT2D eigenvalue weighted by Gasteiger charge is 2.14. The molecule has 2 aromatic carbocycles. The van der Waals surface area contributed by atoms with E-state index in [1.807, 2.05) is 5.38 Å². The molecule has 5 nitrogen and oxygen atoms in total. The van der Waals surface area contributed by atoms with E-state index in [9.17, 15) is 14.0 Å². The van der Waals surface area contributed by atoms with Crippen LogP contribution < -0.4 is 15.4 Å². The molecular weight excluding hydrogens is 355 g/mol. The maximum absolute atomic E-state index is 13.4. The summed E-state index contributed by atoms with van der Waals surface area (Å²) in [6.07, 6.45) is 0. The van der Waals surface area contributed by atoms with E-state index in [-0.39, 0.29) is 17.2 Å². The Labute approximate surface area is 153 Å². The van der Waals surface area contributed by atoms with Gasteiger partial charge in [-0.1, -0.05) is 12.1 Å². The minimum absolute atomic E-state index is 0.0838. The smallest absolute Gasteiger partial charge is 0.265 e. The summed E-state index contributed by atoms with van der Waals surface area (Å²) in [6.45, 7) is 0. The normalized spacial score (nSPS) is 10.2. The maximum atomic E-state index is 13.4. The summed E-state index contributed by atoms with van der Waals surface area (Å²) in [5.41, 5.74) is 1.08. The second-order valence-electron chi connectivity index (χ2n) is 5.31. The van der Waals surface area contributed by atoms with Gasteiger partial charge in [-0.15, -0.1) is 11.3 Å². The van der Waals surface area contributed by atoms with Gasteiger partial charge in [0, 0.05) is 11.4 Å². The lowest BCUT2D eigenvalue weighted by molar-refractivity contribution is 0.101. The molecule has 0 spiro atoms. The molecule has 7 heteroatoms. The zero-order valence-corrected chi connectivity index (χ0v) is 14.6. The highest BCUT2D eigenvalue weighted by atomic mass is 32.1. The molecule has 0 unspecified atom stereocenters. The van der Waals surface area contributed by atoms with Crippen LogP contribution in [0.2, 0.25) is 0 Å². The number of anilines is 2. The van der Waals surface area contributed by atoms with Crippen molar-refractivity contribution in [1.82, 2.24) is 0 Å². The number of thiophene rings is 1. The Balaban J connectivity index is 1.75. The molecule has 0 aliphatic rings. The molecule has 0 atom stereocenters. The van der Waals surface area contributed by atoms with Crippen molar-refractivity contribution in [1.29, 1.82) is 0 Å². The monoisotopic (exact) mass is 370 g/mol. The number of amides is 2. The van der Waals surface area contributed by atoms with Crippen LogP contribution in [0, 0.1) is 5.82 Å². The zero-order valence-electron chi connectivity index (χ0n) is 13.8. The fourth-order valence-electron chi connectivity index (χ4n) is 2.33. The number of benzene rings is 2. The Bertz CT molecular complexity index is 942. The van der Waals surface area contributed by atoms with E-state index in [1.165, 1.54) is 30.6 Å². The Morgan fingerprint density at radius 1 is 0.962 bits per heavy atom. The number of hydrogen-bond donors (Lipinski definition) is 2. The predicted octanol–water partition coefficient (Wildman–Crippen LogP) is 4.40. The third kappa shape index (κ3) is 4.07. The Morgan fingerprint density at radius 3 is 2.35 bits per heavy atom. The van der Waals surface area contributed by atoms with Crippen LogP contribution in [0.4, 0.5) is 15.8 Å². The SMILES string of the molecule is COc1ccc(F)cc1C(=O)Nc1cccc(NC(=O)c2cccs2)c1. The first-order valence-corrected chi connectivity index (χ1v) is 8.54. The fraction of sp³-hybridized carbons (Fsp3) is 0.0526. The van der Waals surface area contributed by atoms with Crippen LogP contribution in [0.5, 0.6) is 5.75 Å². The van der Waals surface area contributed by atoms with Gasteiger partial charge in [0.1, 0.15) is 11.6 Å². The zero-order chi connectivity index (χ0) is 18.5. The van der Waals surface area contributed by atoms with E-state index in [0.29, 0.717) is 16.3 Å². The van der Waals surface area contributed by atoms with Crippen molar-refractivity contribution in [2.24, 2.45) is 0 Å². The summed E-state index contributed by atoms with van der Waals surface area (Å²) in [4.78, 5) is 25.1. The van der Waals surface area contributed by atoms with Gasteiger partial charge in [0.25, 0.3) is 11.8 Å². The van der Waals surface area contributed by atoms with Crippen molar-refractivity contribution < 1.29 is 18.7 Å². The van der Waals surface area contributed by atoms with E-state index in [1.54, 1.807) is 36.4 Å². The first kappa shape index (κ1) is 17.6. The number of carbonyl (C=O) groups excluding carboxylic acids is 2. The molecule has 2 amide bonds. The van der Waals surface area contributed by atoms with Crippen LogP contribution in [0.1, 0.15) is 20.0 Å². The number of rotatable bonds is 5. The van der Waals surface area contributed by atoms with Gasteiger partial charge < -0.3 is 15.4 Å². The molecule has 1 aromatic heterocycles. The standard InChI is InChI=1S/C19H15FN2O3S/c1-25-16-8-7-12(20)10-15(16)18(23)21-13-4-2-5-14(11-13)22-19(24)17-6-3-9-26-17/h2-11H,1H3,(H,21,23)(H,22,24). The summed E-state index contributed by atoms with van der Waals surface area (Å²) in [7, 11) is 1.41. The first-order valence-electron chi connectivity index (χ1n) is 7.66. The molecule has 1 heterocycles. The second kappa shape index (κ2) is 7.79. The number of hydrogen-bond acceptors (Lipinski definition) is 4.